The maximum Gasteiger partial charge on any atom is 0.243 e. The summed E-state index contributed by atoms with van der Waals surface area (Å²) in [6.07, 6.45) is 0. The number of rotatable bonds is 6. The average Bonchev–Trinajstić information content (AvgIpc) is 2.89. The van der Waals surface area contributed by atoms with Crippen molar-refractivity contribution in [1.29, 1.82) is 0 Å². The molecule has 5 rings (SSSR count). The molecule has 0 amide bonds. The van der Waals surface area contributed by atoms with Crippen LogP contribution in [0.1, 0.15) is 24.4 Å². The molecule has 1 aliphatic heterocycles. The number of para-hydroxylation sites is 2. The molecule has 1 aliphatic rings. The molecule has 1 aromatic heterocycles. The van der Waals surface area contributed by atoms with Gasteiger partial charge in [0.05, 0.1) is 16.5 Å². The highest BCUT2D eigenvalue weighted by Gasteiger charge is 2.31. The summed E-state index contributed by atoms with van der Waals surface area (Å²) in [6.45, 7) is 6.13. The van der Waals surface area contributed by atoms with Gasteiger partial charge in [-0.3, -0.25) is 4.90 Å². The van der Waals surface area contributed by atoms with Crippen molar-refractivity contribution < 1.29 is 8.42 Å². The van der Waals surface area contributed by atoms with Crippen LogP contribution < -0.4 is 5.32 Å². The summed E-state index contributed by atoms with van der Waals surface area (Å²) >= 11 is 0. The molecule has 1 N–H and O–H groups in total. The fraction of sp³-hybridized carbons (Fsp3) is 0.259. The van der Waals surface area contributed by atoms with Gasteiger partial charge in [-0.1, -0.05) is 48.0 Å². The Balaban J connectivity index is 1.35. The molecule has 0 radical (unpaired) electrons. The monoisotopic (exact) mass is 487 g/mol. The molecule has 1 saturated heterocycles. The van der Waals surface area contributed by atoms with Crippen LogP contribution in [0.25, 0.3) is 10.9 Å². The lowest BCUT2D eigenvalue weighted by molar-refractivity contribution is 0.141. The number of anilines is 2. The number of fused-ring (bicyclic) bond motifs is 1. The van der Waals surface area contributed by atoms with Gasteiger partial charge in [0, 0.05) is 37.3 Å². The molecular formula is C27H29N5O2S. The maximum absolute atomic E-state index is 13.1. The summed E-state index contributed by atoms with van der Waals surface area (Å²) in [5.41, 5.74) is 2.88. The molecule has 4 aromatic rings. The van der Waals surface area contributed by atoms with Crippen molar-refractivity contribution in [2.24, 2.45) is 0 Å². The fourth-order valence-electron chi connectivity index (χ4n) is 4.39. The van der Waals surface area contributed by atoms with Crippen molar-refractivity contribution in [3.8, 4) is 0 Å². The van der Waals surface area contributed by atoms with E-state index in [0.717, 1.165) is 33.8 Å². The van der Waals surface area contributed by atoms with E-state index in [4.69, 9.17) is 9.97 Å². The third-order valence-corrected chi connectivity index (χ3v) is 8.42. The highest BCUT2D eigenvalue weighted by Crippen LogP contribution is 2.28. The second-order valence-corrected chi connectivity index (χ2v) is 10.8. The third kappa shape index (κ3) is 4.91. The van der Waals surface area contributed by atoms with E-state index in [1.807, 2.05) is 73.7 Å². The van der Waals surface area contributed by atoms with Crippen molar-refractivity contribution in [1.82, 2.24) is 19.2 Å². The summed E-state index contributed by atoms with van der Waals surface area (Å²) < 4.78 is 27.7. The van der Waals surface area contributed by atoms with E-state index in [9.17, 15) is 8.42 Å². The molecule has 0 spiro atoms. The lowest BCUT2D eigenvalue weighted by atomic mass is 10.2. The first-order valence-corrected chi connectivity index (χ1v) is 13.3. The van der Waals surface area contributed by atoms with Gasteiger partial charge in [-0.15, -0.1) is 0 Å². The predicted octanol–water partition coefficient (Wildman–Crippen LogP) is 4.75. The lowest BCUT2D eigenvalue weighted by Crippen LogP contribution is -2.49. The van der Waals surface area contributed by atoms with Gasteiger partial charge in [-0.05, 0) is 50.2 Å². The zero-order chi connectivity index (χ0) is 24.4. The zero-order valence-electron chi connectivity index (χ0n) is 19.9. The Bertz CT molecular complexity index is 1420. The Morgan fingerprint density at radius 2 is 1.49 bits per heavy atom. The normalized spacial score (nSPS) is 16.3. The van der Waals surface area contributed by atoms with Crippen LogP contribution in [-0.4, -0.2) is 53.8 Å². The molecule has 0 bridgehead atoms. The van der Waals surface area contributed by atoms with Crippen molar-refractivity contribution >= 4 is 32.4 Å². The average molecular weight is 488 g/mol. The van der Waals surface area contributed by atoms with E-state index < -0.39 is 10.0 Å². The number of hydrogen-bond donors (Lipinski definition) is 1. The molecular weight excluding hydrogens is 458 g/mol. The van der Waals surface area contributed by atoms with Crippen LogP contribution in [0.15, 0.2) is 83.8 Å². The molecule has 35 heavy (non-hydrogen) atoms. The van der Waals surface area contributed by atoms with Gasteiger partial charge in [0.25, 0.3) is 0 Å². The Kier molecular flexibility index (Phi) is 6.51. The number of piperazine rings is 1. The van der Waals surface area contributed by atoms with Gasteiger partial charge in [-0.25, -0.2) is 18.4 Å². The van der Waals surface area contributed by atoms with Gasteiger partial charge in [0.1, 0.15) is 11.6 Å². The van der Waals surface area contributed by atoms with Gasteiger partial charge in [-0.2, -0.15) is 4.31 Å². The summed E-state index contributed by atoms with van der Waals surface area (Å²) in [7, 11) is -3.50. The number of nitrogens with zero attached hydrogens (tertiary/aromatic N) is 4. The van der Waals surface area contributed by atoms with E-state index in [1.165, 1.54) is 0 Å². The van der Waals surface area contributed by atoms with E-state index in [-0.39, 0.29) is 6.04 Å². The largest absolute Gasteiger partial charge is 0.340 e. The minimum Gasteiger partial charge on any atom is -0.340 e. The van der Waals surface area contributed by atoms with E-state index >= 15 is 0 Å². The molecule has 0 unspecified atom stereocenters. The molecule has 0 aliphatic carbocycles. The first-order chi connectivity index (χ1) is 16.9. The van der Waals surface area contributed by atoms with Gasteiger partial charge in [0.2, 0.25) is 10.0 Å². The number of aryl methyl sites for hydroxylation is 1. The van der Waals surface area contributed by atoms with Gasteiger partial charge < -0.3 is 5.32 Å². The highest BCUT2D eigenvalue weighted by atomic mass is 32.2. The van der Waals surface area contributed by atoms with E-state index in [0.29, 0.717) is 31.1 Å². The van der Waals surface area contributed by atoms with Crippen LogP contribution in [-0.2, 0) is 10.0 Å². The SMILES string of the molecule is Cc1ccc(S(=O)(=O)N2CCN([C@H](C)c3nc(Nc4ccccc4)c4ccccc4n3)CC2)cc1. The van der Waals surface area contributed by atoms with Crippen LogP contribution in [0.5, 0.6) is 0 Å². The van der Waals surface area contributed by atoms with Gasteiger partial charge in [0.15, 0.2) is 0 Å². The minimum atomic E-state index is -3.50. The maximum atomic E-state index is 13.1. The quantitative estimate of drug-likeness (QED) is 0.423. The van der Waals surface area contributed by atoms with Crippen LogP contribution >= 0.6 is 0 Å². The van der Waals surface area contributed by atoms with Crippen LogP contribution in [0.2, 0.25) is 0 Å². The number of aromatic nitrogens is 2. The zero-order valence-corrected chi connectivity index (χ0v) is 20.7. The molecule has 8 heteroatoms. The molecule has 3 aromatic carbocycles. The highest BCUT2D eigenvalue weighted by molar-refractivity contribution is 7.89. The van der Waals surface area contributed by atoms with Crippen LogP contribution in [0, 0.1) is 6.92 Å². The summed E-state index contributed by atoms with van der Waals surface area (Å²) in [5.74, 6) is 1.49. The second kappa shape index (κ2) is 9.73. The molecule has 180 valence electrons. The molecule has 1 atom stereocenters. The van der Waals surface area contributed by atoms with Crippen LogP contribution in [0.4, 0.5) is 11.5 Å². The Labute approximate surface area is 206 Å². The van der Waals surface area contributed by atoms with Crippen molar-refractivity contribution in [3.63, 3.8) is 0 Å². The summed E-state index contributed by atoms with van der Waals surface area (Å²) in [4.78, 5) is 12.3. The predicted molar refractivity (Wildman–Crippen MR) is 139 cm³/mol. The molecule has 2 heterocycles. The third-order valence-electron chi connectivity index (χ3n) is 6.51. The standard InChI is InChI=1S/C27H29N5O2S/c1-20-12-14-23(15-13-20)35(33,34)32-18-16-31(17-19-32)21(2)26-29-25-11-7-6-10-24(25)27(30-26)28-22-8-4-3-5-9-22/h3-15,21H,16-19H2,1-2H3,(H,28,29,30)/t21-/m1/s1. The fourth-order valence-corrected chi connectivity index (χ4v) is 5.81. The Hall–Kier alpha value is -3.33. The molecule has 1 fully saturated rings. The second-order valence-electron chi connectivity index (χ2n) is 8.87. The van der Waals surface area contributed by atoms with Crippen LogP contribution in [0.3, 0.4) is 0 Å². The van der Waals surface area contributed by atoms with Gasteiger partial charge >= 0.3 is 0 Å². The molecule has 7 nitrogen and oxygen atoms in total. The topological polar surface area (TPSA) is 78.4 Å². The Morgan fingerprint density at radius 3 is 2.20 bits per heavy atom. The number of nitrogens with one attached hydrogen (secondary N) is 1. The number of benzene rings is 3. The first kappa shape index (κ1) is 23.4. The first-order valence-electron chi connectivity index (χ1n) is 11.8. The van der Waals surface area contributed by atoms with Crippen molar-refractivity contribution in [2.45, 2.75) is 24.8 Å². The smallest absolute Gasteiger partial charge is 0.243 e. The summed E-state index contributed by atoms with van der Waals surface area (Å²) in [6, 6.07) is 24.9. The van der Waals surface area contributed by atoms with E-state index in [2.05, 4.69) is 17.1 Å². The van der Waals surface area contributed by atoms with Crippen molar-refractivity contribution in [2.75, 3.05) is 31.5 Å². The lowest BCUT2D eigenvalue weighted by Gasteiger charge is -2.36. The Morgan fingerprint density at radius 1 is 0.829 bits per heavy atom. The number of hydrogen-bond acceptors (Lipinski definition) is 6. The minimum absolute atomic E-state index is 0.0554. The van der Waals surface area contributed by atoms with E-state index in [1.54, 1.807) is 16.4 Å². The molecule has 0 saturated carbocycles. The summed E-state index contributed by atoms with van der Waals surface area (Å²) in [5, 5.41) is 4.40. The van der Waals surface area contributed by atoms with Crippen molar-refractivity contribution in [3.05, 3.63) is 90.3 Å². The number of sulfonamides is 1.